The summed E-state index contributed by atoms with van der Waals surface area (Å²) in [5.74, 6) is 0.332. The first-order valence-corrected chi connectivity index (χ1v) is 8.24. The Morgan fingerprint density at radius 2 is 2.16 bits per heavy atom. The average molecular weight is 363 g/mol. The summed E-state index contributed by atoms with van der Waals surface area (Å²) in [4.78, 5) is 17.0. The standard InChI is InChI=1S/C17H16ClFN4O2/c18-13-9-12(1-2-14(13)19)15-10-23(8-5-20)16(21-15)11-3-6-22(7-4-11)17(24)25/h1-2,9-11H,3-4,6-8H2,(H,24,25). The second-order valence-corrected chi connectivity index (χ2v) is 6.35. The van der Waals surface area contributed by atoms with Gasteiger partial charge in [0.25, 0.3) is 0 Å². The number of carbonyl (C=O) groups is 1. The second-order valence-electron chi connectivity index (χ2n) is 5.94. The molecule has 0 aliphatic carbocycles. The molecule has 0 atom stereocenters. The fourth-order valence-corrected chi connectivity index (χ4v) is 3.26. The lowest BCUT2D eigenvalue weighted by Crippen LogP contribution is -2.37. The molecule has 1 aromatic heterocycles. The Hall–Kier alpha value is -2.59. The molecule has 0 unspecified atom stereocenters. The topological polar surface area (TPSA) is 82.2 Å². The van der Waals surface area contributed by atoms with E-state index < -0.39 is 11.9 Å². The Morgan fingerprint density at radius 1 is 1.44 bits per heavy atom. The van der Waals surface area contributed by atoms with E-state index in [1.165, 1.54) is 17.0 Å². The maximum atomic E-state index is 13.4. The van der Waals surface area contributed by atoms with Crippen molar-refractivity contribution in [2.45, 2.75) is 25.3 Å². The molecule has 8 heteroatoms. The van der Waals surface area contributed by atoms with Gasteiger partial charge in [-0.1, -0.05) is 11.6 Å². The van der Waals surface area contributed by atoms with Gasteiger partial charge in [-0.3, -0.25) is 0 Å². The molecular weight excluding hydrogens is 347 g/mol. The molecule has 0 bridgehead atoms. The highest BCUT2D eigenvalue weighted by molar-refractivity contribution is 6.31. The van der Waals surface area contributed by atoms with E-state index in [9.17, 15) is 9.18 Å². The minimum atomic E-state index is -0.916. The maximum Gasteiger partial charge on any atom is 0.407 e. The Morgan fingerprint density at radius 3 is 2.76 bits per heavy atom. The predicted molar refractivity (Wildman–Crippen MR) is 89.8 cm³/mol. The van der Waals surface area contributed by atoms with Crippen LogP contribution in [-0.4, -0.2) is 38.7 Å². The smallest absolute Gasteiger partial charge is 0.407 e. The molecule has 2 heterocycles. The van der Waals surface area contributed by atoms with Gasteiger partial charge in [0.2, 0.25) is 0 Å². The Kier molecular flexibility index (Phi) is 4.91. The van der Waals surface area contributed by atoms with Crippen molar-refractivity contribution in [3.8, 4) is 17.3 Å². The van der Waals surface area contributed by atoms with Gasteiger partial charge in [0.1, 0.15) is 18.2 Å². The third kappa shape index (κ3) is 3.59. The van der Waals surface area contributed by atoms with Crippen molar-refractivity contribution in [2.75, 3.05) is 13.1 Å². The normalized spacial score (nSPS) is 15.2. The van der Waals surface area contributed by atoms with Crippen molar-refractivity contribution >= 4 is 17.7 Å². The molecule has 0 saturated carbocycles. The first-order chi connectivity index (χ1) is 12.0. The summed E-state index contributed by atoms with van der Waals surface area (Å²) in [5, 5.41) is 18.1. The number of rotatable bonds is 3. The highest BCUT2D eigenvalue weighted by Crippen LogP contribution is 2.31. The third-order valence-electron chi connectivity index (χ3n) is 4.39. The first kappa shape index (κ1) is 17.2. The van der Waals surface area contributed by atoms with E-state index in [2.05, 4.69) is 11.1 Å². The van der Waals surface area contributed by atoms with Crippen LogP contribution in [0.25, 0.3) is 11.3 Å². The van der Waals surface area contributed by atoms with E-state index in [1.807, 2.05) is 0 Å². The number of carboxylic acid groups (broad SMARTS) is 1. The highest BCUT2D eigenvalue weighted by Gasteiger charge is 2.27. The van der Waals surface area contributed by atoms with Crippen molar-refractivity contribution < 1.29 is 14.3 Å². The molecule has 130 valence electrons. The number of imidazole rings is 1. The van der Waals surface area contributed by atoms with E-state index in [-0.39, 0.29) is 17.5 Å². The monoisotopic (exact) mass is 362 g/mol. The number of likely N-dealkylation sites (tertiary alicyclic amines) is 1. The Labute approximate surface area is 149 Å². The molecule has 0 radical (unpaired) electrons. The van der Waals surface area contributed by atoms with Gasteiger partial charge in [-0.15, -0.1) is 0 Å². The van der Waals surface area contributed by atoms with Crippen LogP contribution in [0.15, 0.2) is 24.4 Å². The van der Waals surface area contributed by atoms with Gasteiger partial charge in [0.05, 0.1) is 16.8 Å². The predicted octanol–water partition coefficient (Wildman–Crippen LogP) is 3.72. The van der Waals surface area contributed by atoms with Crippen LogP contribution in [0.3, 0.4) is 0 Å². The average Bonchev–Trinajstić information content (AvgIpc) is 3.02. The summed E-state index contributed by atoms with van der Waals surface area (Å²) >= 11 is 5.84. The van der Waals surface area contributed by atoms with E-state index in [1.54, 1.807) is 16.8 Å². The quantitative estimate of drug-likeness (QED) is 0.902. The number of piperidine rings is 1. The van der Waals surface area contributed by atoms with Crippen LogP contribution in [0.4, 0.5) is 9.18 Å². The van der Waals surface area contributed by atoms with Crippen LogP contribution in [0.1, 0.15) is 24.6 Å². The minimum absolute atomic E-state index is 0.0173. The number of benzene rings is 1. The molecule has 3 rings (SSSR count). The largest absolute Gasteiger partial charge is 0.465 e. The van der Waals surface area contributed by atoms with Crippen molar-refractivity contribution in [1.29, 1.82) is 5.26 Å². The summed E-state index contributed by atoms with van der Waals surface area (Å²) in [5.41, 5.74) is 1.29. The van der Waals surface area contributed by atoms with Crippen molar-refractivity contribution in [3.05, 3.63) is 41.1 Å². The molecule has 0 spiro atoms. The van der Waals surface area contributed by atoms with Crippen molar-refractivity contribution in [1.82, 2.24) is 14.5 Å². The third-order valence-corrected chi connectivity index (χ3v) is 4.68. The first-order valence-electron chi connectivity index (χ1n) is 7.87. The maximum absolute atomic E-state index is 13.4. The number of halogens is 2. The molecule has 1 amide bonds. The molecule has 25 heavy (non-hydrogen) atoms. The molecule has 1 fully saturated rings. The van der Waals surface area contributed by atoms with Crippen LogP contribution in [0, 0.1) is 17.1 Å². The Bertz CT molecular complexity index is 838. The minimum Gasteiger partial charge on any atom is -0.465 e. The van der Waals surface area contributed by atoms with Gasteiger partial charge >= 0.3 is 6.09 Å². The zero-order valence-electron chi connectivity index (χ0n) is 13.3. The highest BCUT2D eigenvalue weighted by atomic mass is 35.5. The molecule has 1 aliphatic rings. The lowest BCUT2D eigenvalue weighted by Gasteiger charge is -2.29. The lowest BCUT2D eigenvalue weighted by atomic mass is 9.96. The zero-order chi connectivity index (χ0) is 18.0. The van der Waals surface area contributed by atoms with E-state index in [4.69, 9.17) is 22.0 Å². The molecule has 6 nitrogen and oxygen atoms in total. The molecule has 1 aliphatic heterocycles. The van der Waals surface area contributed by atoms with Gasteiger partial charge in [0.15, 0.2) is 0 Å². The summed E-state index contributed by atoms with van der Waals surface area (Å²) in [6, 6.07) is 6.49. The van der Waals surface area contributed by atoms with Crippen molar-refractivity contribution in [2.24, 2.45) is 0 Å². The van der Waals surface area contributed by atoms with Crippen LogP contribution < -0.4 is 0 Å². The summed E-state index contributed by atoms with van der Waals surface area (Å²) in [7, 11) is 0. The van der Waals surface area contributed by atoms with Crippen LogP contribution in [-0.2, 0) is 6.54 Å². The fraction of sp³-hybridized carbons (Fsp3) is 0.353. The summed E-state index contributed by atoms with van der Waals surface area (Å²) in [6.45, 7) is 1.03. The summed E-state index contributed by atoms with van der Waals surface area (Å²) < 4.78 is 15.1. The van der Waals surface area contributed by atoms with Crippen LogP contribution in [0.5, 0.6) is 0 Å². The number of nitrogens with zero attached hydrogens (tertiary/aromatic N) is 4. The summed E-state index contributed by atoms with van der Waals surface area (Å²) in [6.07, 6.45) is 2.14. The van der Waals surface area contributed by atoms with E-state index in [0.29, 0.717) is 37.2 Å². The van der Waals surface area contributed by atoms with Gasteiger partial charge in [0, 0.05) is 30.8 Å². The van der Waals surface area contributed by atoms with Gasteiger partial charge in [-0.25, -0.2) is 14.2 Å². The second kappa shape index (κ2) is 7.11. The number of hydrogen-bond donors (Lipinski definition) is 1. The van der Waals surface area contributed by atoms with Gasteiger partial charge < -0.3 is 14.6 Å². The molecule has 1 N–H and O–H groups in total. The van der Waals surface area contributed by atoms with E-state index in [0.717, 1.165) is 5.82 Å². The van der Waals surface area contributed by atoms with E-state index >= 15 is 0 Å². The Balaban J connectivity index is 1.89. The van der Waals surface area contributed by atoms with Gasteiger partial charge in [-0.05, 0) is 31.0 Å². The lowest BCUT2D eigenvalue weighted by molar-refractivity contribution is 0.131. The molecule has 1 saturated heterocycles. The van der Waals surface area contributed by atoms with Crippen LogP contribution in [0.2, 0.25) is 5.02 Å². The van der Waals surface area contributed by atoms with Gasteiger partial charge in [-0.2, -0.15) is 5.26 Å². The SMILES string of the molecule is N#CCn1cc(-c2ccc(F)c(Cl)c2)nc1C1CCN(C(=O)O)CC1. The molecular formula is C17H16ClFN4O2. The molecule has 2 aromatic rings. The number of amides is 1. The molecule has 1 aromatic carbocycles. The fourth-order valence-electron chi connectivity index (χ4n) is 3.08. The number of aromatic nitrogens is 2. The number of hydrogen-bond acceptors (Lipinski definition) is 3. The van der Waals surface area contributed by atoms with Crippen LogP contribution >= 0.6 is 11.6 Å². The van der Waals surface area contributed by atoms with Crippen molar-refractivity contribution in [3.63, 3.8) is 0 Å². The zero-order valence-corrected chi connectivity index (χ0v) is 14.1. The number of nitriles is 1.